The molecular weight excluding hydrogens is 420 g/mol. The average Bonchev–Trinajstić information content (AvgIpc) is 2.78. The van der Waals surface area contributed by atoms with Gasteiger partial charge in [0.2, 0.25) is 5.91 Å². The molecule has 4 nitrogen and oxygen atoms in total. The number of nitrogens with zero attached hydrogens (tertiary/aromatic N) is 2. The fourth-order valence-corrected chi connectivity index (χ4v) is 4.11. The van der Waals surface area contributed by atoms with E-state index in [1.54, 1.807) is 34.1 Å². The van der Waals surface area contributed by atoms with E-state index in [4.69, 9.17) is 11.6 Å². The van der Waals surface area contributed by atoms with Crippen molar-refractivity contribution in [1.82, 2.24) is 0 Å². The molecule has 3 aromatic carbocycles. The van der Waals surface area contributed by atoms with Crippen LogP contribution in [0.15, 0.2) is 78.4 Å². The number of carbonyl (C=O) groups is 2. The van der Waals surface area contributed by atoms with Gasteiger partial charge in [-0.05, 0) is 79.4 Å². The fourth-order valence-electron chi connectivity index (χ4n) is 3.99. The monoisotopic (exact) mass is 444 g/mol. The first-order valence-corrected chi connectivity index (χ1v) is 10.9. The van der Waals surface area contributed by atoms with Gasteiger partial charge in [-0.25, -0.2) is 0 Å². The molecule has 32 heavy (non-hydrogen) atoms. The van der Waals surface area contributed by atoms with Gasteiger partial charge in [-0.2, -0.15) is 0 Å². The SMILES string of the molecule is C/C(=C\c1ccccc1)C1C(=O)N(c2ccc(C)c(C)c2)CC(=O)N1c1ccc(Cl)cc1. The van der Waals surface area contributed by atoms with E-state index in [-0.39, 0.29) is 18.4 Å². The summed E-state index contributed by atoms with van der Waals surface area (Å²) < 4.78 is 0. The summed E-state index contributed by atoms with van der Waals surface area (Å²) in [4.78, 5) is 30.4. The van der Waals surface area contributed by atoms with Gasteiger partial charge in [0, 0.05) is 16.4 Å². The topological polar surface area (TPSA) is 40.6 Å². The molecule has 4 rings (SSSR count). The van der Waals surface area contributed by atoms with E-state index in [1.807, 2.05) is 75.4 Å². The average molecular weight is 445 g/mol. The Morgan fingerprint density at radius 2 is 1.56 bits per heavy atom. The summed E-state index contributed by atoms with van der Waals surface area (Å²) in [6.45, 7) is 5.92. The third-order valence-electron chi connectivity index (χ3n) is 5.85. The summed E-state index contributed by atoms with van der Waals surface area (Å²) in [6.07, 6.45) is 1.96. The van der Waals surface area contributed by atoms with Gasteiger partial charge in [0.1, 0.15) is 12.6 Å². The van der Waals surface area contributed by atoms with Crippen LogP contribution in [0.2, 0.25) is 5.02 Å². The van der Waals surface area contributed by atoms with Crippen molar-refractivity contribution >= 4 is 40.9 Å². The van der Waals surface area contributed by atoms with Gasteiger partial charge in [0.05, 0.1) is 0 Å². The second-order valence-corrected chi connectivity index (χ2v) is 8.57. The first-order chi connectivity index (χ1) is 15.3. The molecule has 162 valence electrons. The molecule has 0 aromatic heterocycles. The van der Waals surface area contributed by atoms with Gasteiger partial charge in [-0.1, -0.05) is 54.1 Å². The zero-order valence-corrected chi connectivity index (χ0v) is 19.1. The van der Waals surface area contributed by atoms with Crippen LogP contribution in [0.5, 0.6) is 0 Å². The lowest BCUT2D eigenvalue weighted by atomic mass is 9.98. The standard InChI is InChI=1S/C27H25ClN2O2/c1-18-9-12-24(16-19(18)2)29-17-25(31)30(23-13-10-22(28)11-14-23)26(27(29)32)20(3)15-21-7-5-4-6-8-21/h4-16,26H,17H2,1-3H3/b20-15+. The summed E-state index contributed by atoms with van der Waals surface area (Å²) in [5, 5.41) is 0.578. The highest BCUT2D eigenvalue weighted by molar-refractivity contribution is 6.30. The third-order valence-corrected chi connectivity index (χ3v) is 6.10. The molecule has 2 amide bonds. The molecule has 0 N–H and O–H groups in total. The van der Waals surface area contributed by atoms with Crippen molar-refractivity contribution in [2.24, 2.45) is 0 Å². The van der Waals surface area contributed by atoms with Gasteiger partial charge >= 0.3 is 0 Å². The Labute approximate surface area is 193 Å². The minimum absolute atomic E-state index is 0.0148. The summed E-state index contributed by atoms with van der Waals surface area (Å²) in [6, 6.07) is 21.9. The molecule has 5 heteroatoms. The van der Waals surface area contributed by atoms with E-state index in [1.165, 1.54) is 0 Å². The third kappa shape index (κ3) is 4.32. The summed E-state index contributed by atoms with van der Waals surface area (Å²) in [5.41, 5.74) is 5.38. The molecule has 1 atom stereocenters. The lowest BCUT2D eigenvalue weighted by Crippen LogP contribution is -2.61. The van der Waals surface area contributed by atoms with Crippen molar-refractivity contribution in [3.8, 4) is 0 Å². The van der Waals surface area contributed by atoms with Crippen LogP contribution in [0.3, 0.4) is 0 Å². The Morgan fingerprint density at radius 3 is 2.22 bits per heavy atom. The predicted octanol–water partition coefficient (Wildman–Crippen LogP) is 5.81. The molecule has 0 radical (unpaired) electrons. The van der Waals surface area contributed by atoms with Gasteiger partial charge in [0.25, 0.3) is 5.91 Å². The smallest absolute Gasteiger partial charge is 0.254 e. The fraction of sp³-hybridized carbons (Fsp3) is 0.185. The Balaban J connectivity index is 1.80. The zero-order valence-electron chi connectivity index (χ0n) is 18.4. The number of anilines is 2. The number of aryl methyl sites for hydroxylation is 2. The molecule has 1 saturated heterocycles. The van der Waals surface area contributed by atoms with Crippen LogP contribution < -0.4 is 9.80 Å². The van der Waals surface area contributed by atoms with Gasteiger partial charge in [0.15, 0.2) is 0 Å². The summed E-state index contributed by atoms with van der Waals surface area (Å²) in [5.74, 6) is -0.275. The number of piperazine rings is 1. The molecular formula is C27H25ClN2O2. The minimum atomic E-state index is -0.751. The Bertz CT molecular complexity index is 1190. The first kappa shape index (κ1) is 21.8. The van der Waals surface area contributed by atoms with Gasteiger partial charge in [-0.15, -0.1) is 0 Å². The van der Waals surface area contributed by atoms with Crippen molar-refractivity contribution in [1.29, 1.82) is 0 Å². The van der Waals surface area contributed by atoms with Crippen LogP contribution in [0, 0.1) is 13.8 Å². The number of halogens is 1. The number of benzene rings is 3. The maximum absolute atomic E-state index is 13.8. The minimum Gasteiger partial charge on any atom is -0.301 e. The zero-order chi connectivity index (χ0) is 22.8. The molecule has 1 unspecified atom stereocenters. The van der Waals surface area contributed by atoms with E-state index in [2.05, 4.69) is 0 Å². The summed E-state index contributed by atoms with van der Waals surface area (Å²) in [7, 11) is 0. The van der Waals surface area contributed by atoms with Crippen LogP contribution >= 0.6 is 11.6 Å². The number of hydrogen-bond acceptors (Lipinski definition) is 2. The Morgan fingerprint density at radius 1 is 0.906 bits per heavy atom. The summed E-state index contributed by atoms with van der Waals surface area (Å²) >= 11 is 6.06. The van der Waals surface area contributed by atoms with Crippen LogP contribution in [-0.4, -0.2) is 24.4 Å². The first-order valence-electron chi connectivity index (χ1n) is 10.5. The second kappa shape index (κ2) is 9.01. The lowest BCUT2D eigenvalue weighted by Gasteiger charge is -2.41. The molecule has 0 bridgehead atoms. The highest BCUT2D eigenvalue weighted by Gasteiger charge is 2.41. The predicted molar refractivity (Wildman–Crippen MR) is 131 cm³/mol. The van der Waals surface area contributed by atoms with Crippen LogP contribution in [-0.2, 0) is 9.59 Å². The molecule has 1 aliphatic heterocycles. The van der Waals surface area contributed by atoms with Gasteiger partial charge < -0.3 is 4.90 Å². The number of hydrogen-bond donors (Lipinski definition) is 0. The highest BCUT2D eigenvalue weighted by atomic mass is 35.5. The second-order valence-electron chi connectivity index (χ2n) is 8.13. The van der Waals surface area contributed by atoms with E-state index >= 15 is 0 Å². The van der Waals surface area contributed by atoms with E-state index in [0.29, 0.717) is 10.7 Å². The quantitative estimate of drug-likeness (QED) is 0.509. The number of amides is 2. The number of rotatable bonds is 4. The molecule has 1 heterocycles. The molecule has 1 fully saturated rings. The van der Waals surface area contributed by atoms with Crippen molar-refractivity contribution < 1.29 is 9.59 Å². The van der Waals surface area contributed by atoms with Crippen molar-refractivity contribution in [3.05, 3.63) is 100 Å². The Kier molecular flexibility index (Phi) is 6.15. The molecule has 0 aliphatic carbocycles. The Hall–Kier alpha value is -3.37. The van der Waals surface area contributed by atoms with Crippen LogP contribution in [0.25, 0.3) is 6.08 Å². The van der Waals surface area contributed by atoms with Crippen molar-refractivity contribution in [2.75, 3.05) is 16.3 Å². The van der Waals surface area contributed by atoms with E-state index < -0.39 is 6.04 Å². The van der Waals surface area contributed by atoms with Gasteiger partial charge in [-0.3, -0.25) is 14.5 Å². The molecule has 0 saturated carbocycles. The molecule has 0 spiro atoms. The van der Waals surface area contributed by atoms with E-state index in [0.717, 1.165) is 28.0 Å². The van der Waals surface area contributed by atoms with Crippen LogP contribution in [0.4, 0.5) is 11.4 Å². The lowest BCUT2D eigenvalue weighted by molar-refractivity contribution is -0.127. The van der Waals surface area contributed by atoms with Crippen molar-refractivity contribution in [3.63, 3.8) is 0 Å². The van der Waals surface area contributed by atoms with Crippen molar-refractivity contribution in [2.45, 2.75) is 26.8 Å². The van der Waals surface area contributed by atoms with E-state index in [9.17, 15) is 9.59 Å². The molecule has 3 aromatic rings. The highest BCUT2D eigenvalue weighted by Crippen LogP contribution is 2.31. The number of carbonyl (C=O) groups excluding carboxylic acids is 2. The molecule has 1 aliphatic rings. The largest absolute Gasteiger partial charge is 0.301 e. The maximum Gasteiger partial charge on any atom is 0.254 e. The normalized spacial score (nSPS) is 17.1. The van der Waals surface area contributed by atoms with Crippen LogP contribution in [0.1, 0.15) is 23.6 Å². The maximum atomic E-state index is 13.8.